The van der Waals surface area contributed by atoms with Crippen LogP contribution in [0.4, 0.5) is 5.69 Å². The molecule has 134 valence electrons. The molecule has 4 rings (SSSR count). The van der Waals surface area contributed by atoms with Crippen molar-refractivity contribution < 1.29 is 14.3 Å². The molecule has 1 aromatic carbocycles. The molecule has 1 unspecified atom stereocenters. The number of fused-ring (bicyclic) bond motifs is 1. The zero-order chi connectivity index (χ0) is 17.1. The van der Waals surface area contributed by atoms with Crippen LogP contribution in [0.1, 0.15) is 25.7 Å². The lowest BCUT2D eigenvalue weighted by molar-refractivity contribution is -0.113. The fourth-order valence-electron chi connectivity index (χ4n) is 3.99. The third kappa shape index (κ3) is 3.72. The standard InChI is InChI=1S/C20H26N2O3/c23-20-15-16-3-1-2-4-19(16)22(20)17-5-7-18(8-6-17)25-14-11-21-9-12-24-13-10-21/h5-8,15,19H,1-4,9-14H2. The summed E-state index contributed by atoms with van der Waals surface area (Å²) in [4.78, 5) is 16.7. The van der Waals surface area contributed by atoms with E-state index in [9.17, 15) is 4.79 Å². The minimum Gasteiger partial charge on any atom is -0.492 e. The van der Waals surface area contributed by atoms with Crippen molar-refractivity contribution in [2.75, 3.05) is 44.4 Å². The van der Waals surface area contributed by atoms with Crippen LogP contribution in [0, 0.1) is 0 Å². The Labute approximate surface area is 149 Å². The van der Waals surface area contributed by atoms with Gasteiger partial charge in [-0.15, -0.1) is 0 Å². The lowest BCUT2D eigenvalue weighted by atomic mass is 9.91. The fourth-order valence-corrected chi connectivity index (χ4v) is 3.99. The number of rotatable bonds is 5. The summed E-state index contributed by atoms with van der Waals surface area (Å²) in [6.45, 7) is 5.19. The van der Waals surface area contributed by atoms with E-state index in [1.54, 1.807) is 0 Å². The Morgan fingerprint density at radius 3 is 2.72 bits per heavy atom. The summed E-state index contributed by atoms with van der Waals surface area (Å²) < 4.78 is 11.2. The minimum atomic E-state index is 0.128. The smallest absolute Gasteiger partial charge is 0.251 e. The molecular formula is C20H26N2O3. The number of nitrogens with zero attached hydrogens (tertiary/aromatic N) is 2. The highest BCUT2D eigenvalue weighted by Gasteiger charge is 2.34. The van der Waals surface area contributed by atoms with E-state index in [2.05, 4.69) is 4.90 Å². The third-order valence-corrected chi connectivity index (χ3v) is 5.37. The molecule has 2 aliphatic heterocycles. The molecule has 1 saturated carbocycles. The topological polar surface area (TPSA) is 42.0 Å². The highest BCUT2D eigenvalue weighted by Crippen LogP contribution is 2.36. The summed E-state index contributed by atoms with van der Waals surface area (Å²) in [7, 11) is 0. The third-order valence-electron chi connectivity index (χ3n) is 5.37. The van der Waals surface area contributed by atoms with Crippen molar-refractivity contribution >= 4 is 11.6 Å². The molecule has 1 saturated heterocycles. The van der Waals surface area contributed by atoms with Crippen LogP contribution in [-0.2, 0) is 9.53 Å². The lowest BCUT2D eigenvalue weighted by Crippen LogP contribution is -2.38. The molecule has 2 heterocycles. The van der Waals surface area contributed by atoms with E-state index in [4.69, 9.17) is 9.47 Å². The zero-order valence-corrected chi connectivity index (χ0v) is 14.7. The number of benzene rings is 1. The predicted molar refractivity (Wildman–Crippen MR) is 97.0 cm³/mol. The van der Waals surface area contributed by atoms with E-state index < -0.39 is 0 Å². The first-order valence-electron chi connectivity index (χ1n) is 9.38. The van der Waals surface area contributed by atoms with Gasteiger partial charge in [0, 0.05) is 31.4 Å². The summed E-state index contributed by atoms with van der Waals surface area (Å²) >= 11 is 0. The van der Waals surface area contributed by atoms with Crippen LogP contribution >= 0.6 is 0 Å². The van der Waals surface area contributed by atoms with Crippen molar-refractivity contribution in [3.8, 4) is 5.75 Å². The molecular weight excluding hydrogens is 316 g/mol. The molecule has 5 nitrogen and oxygen atoms in total. The van der Waals surface area contributed by atoms with Crippen LogP contribution in [0.5, 0.6) is 5.75 Å². The van der Waals surface area contributed by atoms with E-state index in [1.165, 1.54) is 18.4 Å². The molecule has 0 aromatic heterocycles. The van der Waals surface area contributed by atoms with Crippen molar-refractivity contribution in [2.24, 2.45) is 0 Å². The first-order valence-corrected chi connectivity index (χ1v) is 9.38. The number of anilines is 1. The van der Waals surface area contributed by atoms with Crippen LogP contribution in [-0.4, -0.2) is 56.3 Å². The maximum Gasteiger partial charge on any atom is 0.251 e. The van der Waals surface area contributed by atoms with E-state index >= 15 is 0 Å². The number of carbonyl (C=O) groups excluding carboxylic acids is 1. The SMILES string of the molecule is O=C1C=C2CCCCC2N1c1ccc(OCCN2CCOCC2)cc1. The predicted octanol–water partition coefficient (Wildman–Crippen LogP) is 2.61. The minimum absolute atomic E-state index is 0.128. The molecule has 1 amide bonds. The van der Waals surface area contributed by atoms with Gasteiger partial charge in [-0.1, -0.05) is 6.42 Å². The molecule has 3 aliphatic rings. The molecule has 2 fully saturated rings. The van der Waals surface area contributed by atoms with Crippen LogP contribution in [0.3, 0.4) is 0 Å². The van der Waals surface area contributed by atoms with Gasteiger partial charge < -0.3 is 14.4 Å². The van der Waals surface area contributed by atoms with Crippen molar-refractivity contribution in [3.05, 3.63) is 35.9 Å². The molecule has 5 heteroatoms. The average molecular weight is 342 g/mol. The van der Waals surface area contributed by atoms with Crippen molar-refractivity contribution in [2.45, 2.75) is 31.7 Å². The Kier molecular flexibility index (Phi) is 5.04. The summed E-state index contributed by atoms with van der Waals surface area (Å²) in [5.74, 6) is 0.989. The van der Waals surface area contributed by atoms with Gasteiger partial charge in [0.15, 0.2) is 0 Å². The molecule has 0 spiro atoms. The maximum absolute atomic E-state index is 12.4. The van der Waals surface area contributed by atoms with Gasteiger partial charge in [-0.25, -0.2) is 0 Å². The maximum atomic E-state index is 12.4. The number of carbonyl (C=O) groups is 1. The number of ether oxygens (including phenoxy) is 2. The molecule has 0 N–H and O–H groups in total. The van der Waals surface area contributed by atoms with Crippen LogP contribution in [0.2, 0.25) is 0 Å². The molecule has 1 atom stereocenters. The Hall–Kier alpha value is -1.85. The van der Waals surface area contributed by atoms with Crippen LogP contribution in [0.25, 0.3) is 0 Å². The number of hydrogen-bond donors (Lipinski definition) is 0. The van der Waals surface area contributed by atoms with E-state index in [0.717, 1.165) is 57.1 Å². The van der Waals surface area contributed by atoms with Gasteiger partial charge in [-0.05, 0) is 49.1 Å². The summed E-state index contributed by atoms with van der Waals surface area (Å²) in [5.41, 5.74) is 2.28. The number of amides is 1. The second-order valence-electron chi connectivity index (χ2n) is 6.99. The van der Waals surface area contributed by atoms with Gasteiger partial charge in [-0.2, -0.15) is 0 Å². The Morgan fingerprint density at radius 1 is 1.12 bits per heavy atom. The Bertz CT molecular complexity index is 635. The number of morpholine rings is 1. The number of hydrogen-bond acceptors (Lipinski definition) is 4. The Balaban J connectivity index is 1.33. The molecule has 25 heavy (non-hydrogen) atoms. The van der Waals surface area contributed by atoms with Gasteiger partial charge in [0.25, 0.3) is 5.91 Å². The largest absolute Gasteiger partial charge is 0.492 e. The van der Waals surface area contributed by atoms with E-state index in [1.807, 2.05) is 35.2 Å². The highest BCUT2D eigenvalue weighted by molar-refractivity contribution is 6.06. The normalized spacial score (nSPS) is 24.2. The second kappa shape index (κ2) is 7.58. The van der Waals surface area contributed by atoms with Gasteiger partial charge in [0.2, 0.25) is 0 Å². The molecule has 0 bridgehead atoms. The first-order chi connectivity index (χ1) is 12.3. The Morgan fingerprint density at radius 2 is 1.92 bits per heavy atom. The zero-order valence-electron chi connectivity index (χ0n) is 14.7. The van der Waals surface area contributed by atoms with Gasteiger partial charge in [-0.3, -0.25) is 9.69 Å². The van der Waals surface area contributed by atoms with Crippen molar-refractivity contribution in [1.29, 1.82) is 0 Å². The monoisotopic (exact) mass is 342 g/mol. The fraction of sp³-hybridized carbons (Fsp3) is 0.550. The van der Waals surface area contributed by atoms with Gasteiger partial charge in [0.1, 0.15) is 12.4 Å². The summed E-state index contributed by atoms with van der Waals surface area (Å²) in [6, 6.07) is 8.24. The lowest BCUT2D eigenvalue weighted by Gasteiger charge is -2.30. The van der Waals surface area contributed by atoms with E-state index in [0.29, 0.717) is 6.61 Å². The van der Waals surface area contributed by atoms with Crippen molar-refractivity contribution in [3.63, 3.8) is 0 Å². The van der Waals surface area contributed by atoms with Crippen LogP contribution < -0.4 is 9.64 Å². The summed E-state index contributed by atoms with van der Waals surface area (Å²) in [6.07, 6.45) is 6.40. The second-order valence-corrected chi connectivity index (χ2v) is 6.99. The van der Waals surface area contributed by atoms with Crippen LogP contribution in [0.15, 0.2) is 35.9 Å². The first kappa shape index (κ1) is 16.6. The average Bonchev–Trinajstić information content (AvgIpc) is 2.99. The highest BCUT2D eigenvalue weighted by atomic mass is 16.5. The van der Waals surface area contributed by atoms with Gasteiger partial charge in [0.05, 0.1) is 19.3 Å². The molecule has 1 aromatic rings. The van der Waals surface area contributed by atoms with Crippen molar-refractivity contribution in [1.82, 2.24) is 4.90 Å². The molecule has 1 aliphatic carbocycles. The van der Waals surface area contributed by atoms with E-state index in [-0.39, 0.29) is 11.9 Å². The van der Waals surface area contributed by atoms with Gasteiger partial charge >= 0.3 is 0 Å². The molecule has 0 radical (unpaired) electrons. The summed E-state index contributed by atoms with van der Waals surface area (Å²) in [5, 5.41) is 0. The quantitative estimate of drug-likeness (QED) is 0.825.